The first-order valence-corrected chi connectivity index (χ1v) is 8.60. The van der Waals surface area contributed by atoms with Gasteiger partial charge in [0.15, 0.2) is 0 Å². The van der Waals surface area contributed by atoms with E-state index < -0.39 is 24.0 Å². The molecular weight excluding hydrogens is 367 g/mol. The molecule has 138 valence electrons. The largest absolute Gasteiger partial charge is 0.480 e. The Morgan fingerprint density at radius 3 is 2.08 bits per heavy atom. The van der Waals surface area contributed by atoms with E-state index in [4.69, 9.17) is 23.2 Å². The van der Waals surface area contributed by atoms with Crippen molar-refractivity contribution in [1.29, 1.82) is 0 Å². The number of hydrogen-bond acceptors (Lipinski definition) is 3. The molecule has 0 unspecified atom stereocenters. The Hall–Kier alpha value is -1.79. The summed E-state index contributed by atoms with van der Waals surface area (Å²) < 4.78 is 0. The second-order valence-corrected chi connectivity index (χ2v) is 7.00. The maximum absolute atomic E-state index is 12.4. The van der Waals surface area contributed by atoms with E-state index in [2.05, 4.69) is 10.6 Å². The molecule has 0 saturated carbocycles. The number of carboxylic acids is 1. The van der Waals surface area contributed by atoms with Crippen molar-refractivity contribution in [3.63, 3.8) is 0 Å². The Kier molecular flexibility index (Phi) is 8.19. The molecule has 3 N–H and O–H groups in total. The van der Waals surface area contributed by atoms with Crippen molar-refractivity contribution in [1.82, 2.24) is 10.6 Å². The van der Waals surface area contributed by atoms with Gasteiger partial charge in [0.2, 0.25) is 11.8 Å². The number of benzene rings is 1. The van der Waals surface area contributed by atoms with Crippen LogP contribution >= 0.6 is 23.2 Å². The van der Waals surface area contributed by atoms with Gasteiger partial charge in [-0.05, 0) is 30.0 Å². The molecule has 0 aromatic heterocycles. The van der Waals surface area contributed by atoms with Gasteiger partial charge in [-0.15, -0.1) is 0 Å². The Labute approximate surface area is 156 Å². The second kappa shape index (κ2) is 9.63. The van der Waals surface area contributed by atoms with Crippen molar-refractivity contribution in [2.75, 3.05) is 0 Å². The maximum Gasteiger partial charge on any atom is 0.326 e. The first-order chi connectivity index (χ1) is 11.6. The van der Waals surface area contributed by atoms with Crippen LogP contribution in [0.15, 0.2) is 18.2 Å². The van der Waals surface area contributed by atoms with Gasteiger partial charge in [-0.1, -0.05) is 43.1 Å². The van der Waals surface area contributed by atoms with Crippen LogP contribution in [0.2, 0.25) is 10.0 Å². The number of carboxylic acid groups (broad SMARTS) is 1. The Balaban J connectivity index is 2.93. The second-order valence-electron chi connectivity index (χ2n) is 6.19. The van der Waals surface area contributed by atoms with Crippen LogP contribution in [-0.2, 0) is 20.8 Å². The summed E-state index contributed by atoms with van der Waals surface area (Å²) in [6.45, 7) is 5.11. The third-order valence-electron chi connectivity index (χ3n) is 3.49. The number of aliphatic carboxylic acids is 1. The molecule has 0 spiro atoms. The highest BCUT2D eigenvalue weighted by Crippen LogP contribution is 2.25. The summed E-state index contributed by atoms with van der Waals surface area (Å²) in [7, 11) is 0. The SMILES string of the molecule is CC(=O)N[C@@H](CC(C)C)C(=O)N[C@@H](Cc1c(Cl)cccc1Cl)C(=O)O. The lowest BCUT2D eigenvalue weighted by molar-refractivity contribution is -0.142. The van der Waals surface area contributed by atoms with Crippen molar-refractivity contribution >= 4 is 41.0 Å². The van der Waals surface area contributed by atoms with E-state index in [1.807, 2.05) is 13.8 Å². The first kappa shape index (κ1) is 21.3. The fourth-order valence-corrected chi connectivity index (χ4v) is 2.90. The molecule has 0 radical (unpaired) electrons. The molecule has 2 atom stereocenters. The van der Waals surface area contributed by atoms with Gasteiger partial charge in [-0.2, -0.15) is 0 Å². The summed E-state index contributed by atoms with van der Waals surface area (Å²) in [5.74, 6) is -1.99. The summed E-state index contributed by atoms with van der Waals surface area (Å²) in [6, 6.07) is 2.83. The number of carbonyl (C=O) groups is 3. The molecule has 8 heteroatoms. The van der Waals surface area contributed by atoms with E-state index in [0.717, 1.165) is 0 Å². The van der Waals surface area contributed by atoms with Crippen molar-refractivity contribution in [3.05, 3.63) is 33.8 Å². The third kappa shape index (κ3) is 6.92. The molecule has 0 aliphatic heterocycles. The monoisotopic (exact) mass is 388 g/mol. The van der Waals surface area contributed by atoms with Crippen molar-refractivity contribution in [3.8, 4) is 0 Å². The molecule has 0 heterocycles. The predicted molar refractivity (Wildman–Crippen MR) is 96.8 cm³/mol. The van der Waals surface area contributed by atoms with E-state index in [1.165, 1.54) is 6.92 Å². The molecule has 0 fully saturated rings. The summed E-state index contributed by atoms with van der Waals surface area (Å²) in [6.07, 6.45) is 0.332. The first-order valence-electron chi connectivity index (χ1n) is 7.85. The molecule has 0 aliphatic carbocycles. The molecule has 6 nitrogen and oxygen atoms in total. The van der Waals surface area contributed by atoms with Gasteiger partial charge < -0.3 is 15.7 Å². The lowest BCUT2D eigenvalue weighted by Crippen LogP contribution is -2.52. The Morgan fingerprint density at radius 1 is 1.08 bits per heavy atom. The van der Waals surface area contributed by atoms with Crippen molar-refractivity contribution < 1.29 is 19.5 Å². The smallest absolute Gasteiger partial charge is 0.326 e. The highest BCUT2D eigenvalue weighted by atomic mass is 35.5. The zero-order valence-corrected chi connectivity index (χ0v) is 15.8. The van der Waals surface area contributed by atoms with Gasteiger partial charge in [0.25, 0.3) is 0 Å². The Morgan fingerprint density at radius 2 is 1.64 bits per heavy atom. The highest BCUT2D eigenvalue weighted by molar-refractivity contribution is 6.36. The molecule has 0 saturated heterocycles. The fourth-order valence-electron chi connectivity index (χ4n) is 2.35. The van der Waals surface area contributed by atoms with Crippen LogP contribution in [-0.4, -0.2) is 35.0 Å². The quantitative estimate of drug-likeness (QED) is 0.637. The van der Waals surface area contributed by atoms with Crippen LogP contribution in [0.3, 0.4) is 0 Å². The number of halogens is 2. The maximum atomic E-state index is 12.4. The van der Waals surface area contributed by atoms with E-state index >= 15 is 0 Å². The number of hydrogen-bond donors (Lipinski definition) is 3. The van der Waals surface area contributed by atoms with Crippen LogP contribution in [0.25, 0.3) is 0 Å². The summed E-state index contributed by atoms with van der Waals surface area (Å²) >= 11 is 12.1. The average molecular weight is 389 g/mol. The van der Waals surface area contributed by atoms with E-state index in [1.54, 1.807) is 18.2 Å². The highest BCUT2D eigenvalue weighted by Gasteiger charge is 2.27. The van der Waals surface area contributed by atoms with Crippen LogP contribution in [0.5, 0.6) is 0 Å². The van der Waals surface area contributed by atoms with Crippen molar-refractivity contribution in [2.45, 2.75) is 45.7 Å². The zero-order chi connectivity index (χ0) is 19.1. The van der Waals surface area contributed by atoms with Gasteiger partial charge in [0.05, 0.1) is 0 Å². The molecule has 0 bridgehead atoms. The number of amides is 2. The van der Waals surface area contributed by atoms with E-state index in [0.29, 0.717) is 22.0 Å². The lowest BCUT2D eigenvalue weighted by atomic mass is 10.0. The summed E-state index contributed by atoms with van der Waals surface area (Å²) in [5.41, 5.74) is 0.443. The van der Waals surface area contributed by atoms with Gasteiger partial charge in [-0.25, -0.2) is 4.79 Å². The fraction of sp³-hybridized carbons (Fsp3) is 0.471. The number of nitrogens with one attached hydrogen (secondary N) is 2. The van der Waals surface area contributed by atoms with Crippen LogP contribution < -0.4 is 10.6 Å². The van der Waals surface area contributed by atoms with Crippen LogP contribution in [0, 0.1) is 5.92 Å². The normalized spacial score (nSPS) is 13.2. The van der Waals surface area contributed by atoms with Gasteiger partial charge in [0, 0.05) is 23.4 Å². The van der Waals surface area contributed by atoms with Gasteiger partial charge >= 0.3 is 5.97 Å². The summed E-state index contributed by atoms with van der Waals surface area (Å²) in [4.78, 5) is 35.3. The van der Waals surface area contributed by atoms with Crippen LogP contribution in [0.4, 0.5) is 0 Å². The average Bonchev–Trinajstić information content (AvgIpc) is 2.47. The minimum absolute atomic E-state index is 0.0615. The third-order valence-corrected chi connectivity index (χ3v) is 4.19. The standard InChI is InChI=1S/C17H22Cl2N2O4/c1-9(2)7-14(20-10(3)22)16(23)21-15(17(24)25)8-11-12(18)5-4-6-13(11)19/h4-6,9,14-15H,7-8H2,1-3H3,(H,20,22)(H,21,23)(H,24,25)/t14-,15-/m0/s1. The molecule has 1 aromatic rings. The molecular formula is C17H22Cl2N2O4. The molecule has 0 aliphatic rings. The van der Waals surface area contributed by atoms with E-state index in [-0.39, 0.29) is 18.2 Å². The van der Waals surface area contributed by atoms with Gasteiger partial charge in [-0.3, -0.25) is 9.59 Å². The minimum atomic E-state index is -1.21. The molecule has 1 aromatic carbocycles. The number of rotatable bonds is 8. The molecule has 2 amide bonds. The van der Waals surface area contributed by atoms with Crippen molar-refractivity contribution in [2.24, 2.45) is 5.92 Å². The molecule has 25 heavy (non-hydrogen) atoms. The minimum Gasteiger partial charge on any atom is -0.480 e. The topological polar surface area (TPSA) is 95.5 Å². The zero-order valence-electron chi connectivity index (χ0n) is 14.3. The molecule has 1 rings (SSSR count). The van der Waals surface area contributed by atoms with Crippen LogP contribution in [0.1, 0.15) is 32.8 Å². The van der Waals surface area contributed by atoms with E-state index in [9.17, 15) is 19.5 Å². The summed E-state index contributed by atoms with van der Waals surface area (Å²) in [5, 5.41) is 15.1. The predicted octanol–water partition coefficient (Wildman–Crippen LogP) is 2.66. The van der Waals surface area contributed by atoms with Gasteiger partial charge in [0.1, 0.15) is 12.1 Å². The Bertz CT molecular complexity index is 629. The number of carbonyl (C=O) groups excluding carboxylic acids is 2. The lowest BCUT2D eigenvalue weighted by Gasteiger charge is -2.22.